The Bertz CT molecular complexity index is 956. The molecule has 0 saturated carbocycles. The highest BCUT2D eigenvalue weighted by Crippen LogP contribution is 2.25. The standard InChI is InChI=1S/C20H18BrN3O3/c21-14-8-6-13(7-9-14)17-12-15(19-16(23-17)4-3-10-22-19)20(25)24-27-18-5-1-2-11-26-18/h3-4,6-10,12,18H,1-2,5,11H2,(H,24,25). The summed E-state index contributed by atoms with van der Waals surface area (Å²) in [6.45, 7) is 0.647. The molecule has 1 aliphatic rings. The normalized spacial score (nSPS) is 17.0. The van der Waals surface area contributed by atoms with E-state index in [9.17, 15) is 4.79 Å². The third kappa shape index (κ3) is 4.16. The number of hydroxylamine groups is 1. The summed E-state index contributed by atoms with van der Waals surface area (Å²) in [5.74, 6) is -0.367. The van der Waals surface area contributed by atoms with Crippen molar-refractivity contribution in [3.8, 4) is 11.3 Å². The molecule has 3 aromatic rings. The molecule has 1 unspecified atom stereocenters. The smallest absolute Gasteiger partial charge is 0.277 e. The second-order valence-corrected chi connectivity index (χ2v) is 7.19. The second kappa shape index (κ2) is 8.12. The zero-order valence-corrected chi connectivity index (χ0v) is 16.1. The number of carbonyl (C=O) groups excluding carboxylic acids is 1. The lowest BCUT2D eigenvalue weighted by Gasteiger charge is -2.22. The number of halogens is 1. The van der Waals surface area contributed by atoms with E-state index >= 15 is 0 Å². The summed E-state index contributed by atoms with van der Waals surface area (Å²) in [5.41, 5.74) is 5.71. The van der Waals surface area contributed by atoms with E-state index in [0.29, 0.717) is 28.9 Å². The van der Waals surface area contributed by atoms with Crippen LogP contribution in [0.1, 0.15) is 29.6 Å². The summed E-state index contributed by atoms with van der Waals surface area (Å²) in [5, 5.41) is 0. The number of nitrogens with zero attached hydrogens (tertiary/aromatic N) is 2. The second-order valence-electron chi connectivity index (χ2n) is 6.28. The quantitative estimate of drug-likeness (QED) is 0.630. The van der Waals surface area contributed by atoms with Crippen LogP contribution in [0.15, 0.2) is 53.1 Å². The minimum Gasteiger partial charge on any atom is -0.350 e. The van der Waals surface area contributed by atoms with Gasteiger partial charge in [0.25, 0.3) is 5.91 Å². The minimum absolute atomic E-state index is 0.367. The van der Waals surface area contributed by atoms with Crippen molar-refractivity contribution in [1.29, 1.82) is 0 Å². The molecule has 1 N–H and O–H groups in total. The lowest BCUT2D eigenvalue weighted by atomic mass is 10.1. The molecule has 3 heterocycles. The summed E-state index contributed by atoms with van der Waals surface area (Å²) < 4.78 is 6.47. The van der Waals surface area contributed by atoms with Crippen molar-refractivity contribution in [2.24, 2.45) is 0 Å². The lowest BCUT2D eigenvalue weighted by Crippen LogP contribution is -2.33. The monoisotopic (exact) mass is 427 g/mol. The van der Waals surface area contributed by atoms with Crippen LogP contribution in [0.3, 0.4) is 0 Å². The van der Waals surface area contributed by atoms with Gasteiger partial charge in [-0.3, -0.25) is 9.78 Å². The Hall–Kier alpha value is -2.35. The molecule has 7 heteroatoms. The molecular weight excluding hydrogens is 410 g/mol. The molecule has 1 fully saturated rings. The summed E-state index contributed by atoms with van der Waals surface area (Å²) in [7, 11) is 0. The predicted molar refractivity (Wildman–Crippen MR) is 105 cm³/mol. The fraction of sp³-hybridized carbons (Fsp3) is 0.250. The molecule has 0 bridgehead atoms. The zero-order chi connectivity index (χ0) is 18.6. The lowest BCUT2D eigenvalue weighted by molar-refractivity contribution is -0.186. The number of nitrogens with one attached hydrogen (secondary N) is 1. The van der Waals surface area contributed by atoms with Gasteiger partial charge in [-0.1, -0.05) is 28.1 Å². The van der Waals surface area contributed by atoms with Gasteiger partial charge in [-0.2, -0.15) is 0 Å². The number of pyridine rings is 2. The molecule has 1 amide bonds. The zero-order valence-electron chi connectivity index (χ0n) is 14.5. The summed E-state index contributed by atoms with van der Waals surface area (Å²) >= 11 is 3.43. The maximum Gasteiger partial charge on any atom is 0.277 e. The fourth-order valence-corrected chi connectivity index (χ4v) is 3.25. The maximum absolute atomic E-state index is 12.8. The molecule has 1 saturated heterocycles. The highest BCUT2D eigenvalue weighted by atomic mass is 79.9. The number of ether oxygens (including phenoxy) is 1. The van der Waals surface area contributed by atoms with Crippen molar-refractivity contribution in [3.05, 3.63) is 58.7 Å². The van der Waals surface area contributed by atoms with Crippen LogP contribution in [0.25, 0.3) is 22.3 Å². The number of fused-ring (bicyclic) bond motifs is 1. The average Bonchev–Trinajstić information content (AvgIpc) is 2.72. The van der Waals surface area contributed by atoms with Crippen LogP contribution < -0.4 is 5.48 Å². The van der Waals surface area contributed by atoms with Crippen LogP contribution in [-0.4, -0.2) is 28.8 Å². The number of benzene rings is 1. The van der Waals surface area contributed by atoms with Crippen LogP contribution in [0.2, 0.25) is 0 Å². The van der Waals surface area contributed by atoms with Crippen molar-refractivity contribution in [3.63, 3.8) is 0 Å². The number of amides is 1. The van der Waals surface area contributed by atoms with Crippen molar-refractivity contribution in [2.75, 3.05) is 6.61 Å². The molecule has 2 aromatic heterocycles. The van der Waals surface area contributed by atoms with Crippen LogP contribution in [0.5, 0.6) is 0 Å². The van der Waals surface area contributed by atoms with Gasteiger partial charge in [-0.25, -0.2) is 15.3 Å². The number of aromatic nitrogens is 2. The first-order chi connectivity index (χ1) is 13.2. The first-order valence-electron chi connectivity index (χ1n) is 8.80. The van der Waals surface area contributed by atoms with Gasteiger partial charge in [-0.05, 0) is 43.2 Å². The highest BCUT2D eigenvalue weighted by molar-refractivity contribution is 9.10. The summed E-state index contributed by atoms with van der Waals surface area (Å²) in [6, 6.07) is 13.1. The van der Waals surface area contributed by atoms with E-state index < -0.39 is 6.29 Å². The van der Waals surface area contributed by atoms with Gasteiger partial charge < -0.3 is 4.74 Å². The number of hydrogen-bond acceptors (Lipinski definition) is 5. The van der Waals surface area contributed by atoms with Gasteiger partial charge in [0, 0.05) is 29.3 Å². The van der Waals surface area contributed by atoms with Gasteiger partial charge in [-0.15, -0.1) is 0 Å². The topological polar surface area (TPSA) is 73.3 Å². The van der Waals surface area contributed by atoms with E-state index in [0.717, 1.165) is 29.3 Å². The number of hydrogen-bond donors (Lipinski definition) is 1. The van der Waals surface area contributed by atoms with Gasteiger partial charge in [0.05, 0.1) is 16.8 Å². The Kier molecular flexibility index (Phi) is 5.42. The van der Waals surface area contributed by atoms with E-state index in [1.54, 1.807) is 18.3 Å². The molecule has 1 aliphatic heterocycles. The predicted octanol–water partition coefficient (Wildman–Crippen LogP) is 4.25. The molecule has 0 radical (unpaired) electrons. The SMILES string of the molecule is O=C(NOC1CCCCO1)c1cc(-c2ccc(Br)cc2)nc2cccnc12. The molecule has 1 aromatic carbocycles. The van der Waals surface area contributed by atoms with E-state index in [4.69, 9.17) is 9.57 Å². The highest BCUT2D eigenvalue weighted by Gasteiger charge is 2.19. The Morgan fingerprint density at radius 3 is 2.85 bits per heavy atom. The van der Waals surface area contributed by atoms with E-state index in [1.807, 2.05) is 30.3 Å². The van der Waals surface area contributed by atoms with E-state index in [2.05, 4.69) is 31.4 Å². The Morgan fingerprint density at radius 2 is 2.07 bits per heavy atom. The van der Waals surface area contributed by atoms with E-state index in [1.165, 1.54) is 0 Å². The summed E-state index contributed by atoms with van der Waals surface area (Å²) in [4.78, 5) is 27.2. The maximum atomic E-state index is 12.8. The van der Waals surface area contributed by atoms with E-state index in [-0.39, 0.29) is 5.91 Å². The molecule has 138 valence electrons. The van der Waals surface area contributed by atoms with Crippen molar-refractivity contribution in [2.45, 2.75) is 25.6 Å². The number of carbonyl (C=O) groups is 1. The van der Waals surface area contributed by atoms with Crippen LogP contribution >= 0.6 is 15.9 Å². The molecular formula is C20H18BrN3O3. The third-order valence-corrected chi connectivity index (χ3v) is 4.90. The van der Waals surface area contributed by atoms with Crippen molar-refractivity contribution in [1.82, 2.24) is 15.4 Å². The van der Waals surface area contributed by atoms with Crippen LogP contribution in [-0.2, 0) is 9.57 Å². The van der Waals surface area contributed by atoms with Gasteiger partial charge in [0.1, 0.15) is 5.52 Å². The molecule has 6 nitrogen and oxygen atoms in total. The number of rotatable bonds is 4. The molecule has 0 spiro atoms. The van der Waals surface area contributed by atoms with Crippen molar-refractivity contribution < 1.29 is 14.4 Å². The van der Waals surface area contributed by atoms with Gasteiger partial charge >= 0.3 is 0 Å². The largest absolute Gasteiger partial charge is 0.350 e. The molecule has 4 rings (SSSR count). The minimum atomic E-state index is -0.408. The summed E-state index contributed by atoms with van der Waals surface area (Å²) in [6.07, 6.45) is 4.04. The fourth-order valence-electron chi connectivity index (χ4n) is 2.98. The van der Waals surface area contributed by atoms with Crippen LogP contribution in [0.4, 0.5) is 0 Å². The Morgan fingerprint density at radius 1 is 1.22 bits per heavy atom. The third-order valence-electron chi connectivity index (χ3n) is 4.37. The molecule has 1 atom stereocenters. The Labute approximate surface area is 165 Å². The first kappa shape index (κ1) is 18.0. The molecule has 0 aliphatic carbocycles. The van der Waals surface area contributed by atoms with Gasteiger partial charge in [0.2, 0.25) is 0 Å². The average molecular weight is 428 g/mol. The van der Waals surface area contributed by atoms with Crippen LogP contribution in [0, 0.1) is 0 Å². The molecule has 27 heavy (non-hydrogen) atoms. The first-order valence-corrected chi connectivity index (χ1v) is 9.59. The van der Waals surface area contributed by atoms with Crippen molar-refractivity contribution >= 4 is 32.9 Å². The van der Waals surface area contributed by atoms with Gasteiger partial charge in [0.15, 0.2) is 6.29 Å². The Balaban J connectivity index is 1.65.